The van der Waals surface area contributed by atoms with E-state index in [0.29, 0.717) is 6.10 Å². The third-order valence-electron chi connectivity index (χ3n) is 4.56. The van der Waals surface area contributed by atoms with E-state index in [2.05, 4.69) is 18.3 Å². The highest BCUT2D eigenvalue weighted by Crippen LogP contribution is 2.34. The monoisotopic (exact) mass is 250 g/mol. The van der Waals surface area contributed by atoms with Crippen LogP contribution in [0.5, 0.6) is 0 Å². The Morgan fingerprint density at radius 3 is 2.67 bits per heavy atom. The van der Waals surface area contributed by atoms with Gasteiger partial charge in [-0.05, 0) is 44.4 Å². The Hall–Kier alpha value is -0.590. The molecule has 1 aliphatic heterocycles. The van der Waals surface area contributed by atoms with Gasteiger partial charge in [-0.3, -0.25) is 5.32 Å². The summed E-state index contributed by atoms with van der Waals surface area (Å²) in [5.41, 5.74) is -0.268. The fourth-order valence-electron chi connectivity index (χ4n) is 3.31. The summed E-state index contributed by atoms with van der Waals surface area (Å²) in [7, 11) is 0. The molecule has 1 saturated heterocycles. The van der Waals surface area contributed by atoms with Crippen LogP contribution in [0, 0.1) is 17.2 Å². The topological polar surface area (TPSA) is 45.0 Å². The van der Waals surface area contributed by atoms with Gasteiger partial charge in [-0.25, -0.2) is 0 Å². The quantitative estimate of drug-likeness (QED) is 0.815. The van der Waals surface area contributed by atoms with Gasteiger partial charge in [0.05, 0.1) is 12.2 Å². The maximum absolute atomic E-state index is 9.48. The van der Waals surface area contributed by atoms with E-state index in [1.165, 1.54) is 32.1 Å². The zero-order chi connectivity index (χ0) is 12.8. The average molecular weight is 250 g/mol. The van der Waals surface area contributed by atoms with E-state index < -0.39 is 0 Å². The molecule has 1 saturated carbocycles. The maximum Gasteiger partial charge on any atom is 0.106 e. The fourth-order valence-corrected chi connectivity index (χ4v) is 3.31. The van der Waals surface area contributed by atoms with E-state index >= 15 is 0 Å². The van der Waals surface area contributed by atoms with Crippen molar-refractivity contribution in [1.29, 1.82) is 5.26 Å². The fraction of sp³-hybridized carbons (Fsp3) is 0.933. The first-order chi connectivity index (χ1) is 8.78. The summed E-state index contributed by atoms with van der Waals surface area (Å²) in [5.74, 6) is 0.848. The molecule has 2 aliphatic rings. The predicted octanol–water partition coefficient (Wildman–Crippen LogP) is 3.01. The Morgan fingerprint density at radius 2 is 2.11 bits per heavy atom. The minimum absolute atomic E-state index is 0.268. The number of nitrogens with zero attached hydrogens (tertiary/aromatic N) is 1. The normalized spacial score (nSPS) is 36.4. The van der Waals surface area contributed by atoms with Gasteiger partial charge in [0.25, 0.3) is 0 Å². The molecule has 0 spiro atoms. The van der Waals surface area contributed by atoms with Crippen molar-refractivity contribution in [3.05, 3.63) is 0 Å². The van der Waals surface area contributed by atoms with E-state index in [1.807, 2.05) is 0 Å². The van der Waals surface area contributed by atoms with Crippen LogP contribution in [-0.4, -0.2) is 24.8 Å². The molecule has 0 bridgehead atoms. The van der Waals surface area contributed by atoms with E-state index in [4.69, 9.17) is 4.74 Å². The van der Waals surface area contributed by atoms with Crippen LogP contribution in [0.1, 0.15) is 58.3 Å². The highest BCUT2D eigenvalue weighted by atomic mass is 16.5. The van der Waals surface area contributed by atoms with Crippen molar-refractivity contribution in [2.24, 2.45) is 5.92 Å². The largest absolute Gasteiger partial charge is 0.377 e. The van der Waals surface area contributed by atoms with Gasteiger partial charge in [-0.15, -0.1) is 0 Å². The van der Waals surface area contributed by atoms with Gasteiger partial charge in [0.2, 0.25) is 0 Å². The standard InChI is InChI=1S/C15H26N2O/c1-2-4-13-6-8-15(12-16,9-7-13)17-11-14-5-3-10-18-14/h13-14,17H,2-11H2,1H3. The Kier molecular flexibility index (Phi) is 5.03. The Balaban J connectivity index is 1.78. The van der Waals surface area contributed by atoms with Gasteiger partial charge in [-0.1, -0.05) is 19.8 Å². The highest BCUT2D eigenvalue weighted by Gasteiger charge is 2.35. The van der Waals surface area contributed by atoms with Crippen molar-refractivity contribution < 1.29 is 4.74 Å². The summed E-state index contributed by atoms with van der Waals surface area (Å²) in [5, 5.41) is 13.0. The summed E-state index contributed by atoms with van der Waals surface area (Å²) >= 11 is 0. The van der Waals surface area contributed by atoms with Gasteiger partial charge in [-0.2, -0.15) is 5.26 Å². The average Bonchev–Trinajstić information content (AvgIpc) is 2.92. The van der Waals surface area contributed by atoms with Crippen molar-refractivity contribution in [3.8, 4) is 6.07 Å². The first kappa shape index (κ1) is 13.8. The molecular weight excluding hydrogens is 224 g/mol. The molecular formula is C15H26N2O. The van der Waals surface area contributed by atoms with Crippen LogP contribution in [0.3, 0.4) is 0 Å². The molecule has 3 nitrogen and oxygen atoms in total. The predicted molar refractivity (Wildman–Crippen MR) is 72.2 cm³/mol. The highest BCUT2D eigenvalue weighted by molar-refractivity contribution is 5.09. The lowest BCUT2D eigenvalue weighted by Crippen LogP contribution is -2.49. The van der Waals surface area contributed by atoms with Gasteiger partial charge in [0.1, 0.15) is 5.54 Å². The number of rotatable bonds is 5. The lowest BCUT2D eigenvalue weighted by atomic mass is 9.76. The Morgan fingerprint density at radius 1 is 1.33 bits per heavy atom. The summed E-state index contributed by atoms with van der Waals surface area (Å²) in [6.07, 6.45) is 9.70. The molecule has 0 amide bonds. The minimum atomic E-state index is -0.268. The zero-order valence-electron chi connectivity index (χ0n) is 11.6. The van der Waals surface area contributed by atoms with Crippen LogP contribution in [0.25, 0.3) is 0 Å². The zero-order valence-corrected chi connectivity index (χ0v) is 11.6. The summed E-state index contributed by atoms with van der Waals surface area (Å²) in [4.78, 5) is 0. The Bertz CT molecular complexity index is 283. The van der Waals surface area contributed by atoms with Crippen LogP contribution >= 0.6 is 0 Å². The summed E-state index contributed by atoms with van der Waals surface area (Å²) < 4.78 is 5.62. The number of hydrogen-bond donors (Lipinski definition) is 1. The molecule has 102 valence electrons. The SMILES string of the molecule is CCCC1CCC(C#N)(NCC2CCCO2)CC1. The second-order valence-corrected chi connectivity index (χ2v) is 5.94. The molecule has 1 N–H and O–H groups in total. The van der Waals surface area contributed by atoms with Crippen LogP contribution in [0.2, 0.25) is 0 Å². The second kappa shape index (κ2) is 6.54. The lowest BCUT2D eigenvalue weighted by Gasteiger charge is -2.36. The van der Waals surface area contributed by atoms with E-state index in [-0.39, 0.29) is 5.54 Å². The number of nitriles is 1. The van der Waals surface area contributed by atoms with Gasteiger partial charge in [0, 0.05) is 13.2 Å². The van der Waals surface area contributed by atoms with Crippen LogP contribution in [0.4, 0.5) is 0 Å². The van der Waals surface area contributed by atoms with Crippen molar-refractivity contribution in [2.75, 3.05) is 13.2 Å². The molecule has 18 heavy (non-hydrogen) atoms. The maximum atomic E-state index is 9.48. The van der Waals surface area contributed by atoms with Crippen molar-refractivity contribution >= 4 is 0 Å². The molecule has 0 aromatic carbocycles. The first-order valence-electron chi connectivity index (χ1n) is 7.56. The second-order valence-electron chi connectivity index (χ2n) is 5.94. The molecule has 3 heteroatoms. The number of ether oxygens (including phenoxy) is 1. The molecule has 1 aliphatic carbocycles. The van der Waals surface area contributed by atoms with Gasteiger partial charge < -0.3 is 4.74 Å². The third-order valence-corrected chi connectivity index (χ3v) is 4.56. The van der Waals surface area contributed by atoms with E-state index in [9.17, 15) is 5.26 Å². The third kappa shape index (κ3) is 3.46. The van der Waals surface area contributed by atoms with E-state index in [1.54, 1.807) is 0 Å². The summed E-state index contributed by atoms with van der Waals surface area (Å²) in [6.45, 7) is 4.00. The molecule has 2 fully saturated rings. The molecule has 1 atom stereocenters. The van der Waals surface area contributed by atoms with Crippen molar-refractivity contribution in [2.45, 2.75) is 69.9 Å². The molecule has 2 rings (SSSR count). The van der Waals surface area contributed by atoms with Crippen LogP contribution in [0.15, 0.2) is 0 Å². The molecule has 0 radical (unpaired) electrons. The van der Waals surface area contributed by atoms with Crippen molar-refractivity contribution in [1.82, 2.24) is 5.32 Å². The lowest BCUT2D eigenvalue weighted by molar-refractivity contribution is 0.0986. The van der Waals surface area contributed by atoms with Gasteiger partial charge in [0.15, 0.2) is 0 Å². The molecule has 0 aromatic heterocycles. The minimum Gasteiger partial charge on any atom is -0.377 e. The smallest absolute Gasteiger partial charge is 0.106 e. The summed E-state index contributed by atoms with van der Waals surface area (Å²) in [6, 6.07) is 2.54. The molecule has 1 heterocycles. The number of nitrogens with one attached hydrogen (secondary N) is 1. The number of hydrogen-bond acceptors (Lipinski definition) is 3. The van der Waals surface area contributed by atoms with Gasteiger partial charge >= 0.3 is 0 Å². The first-order valence-corrected chi connectivity index (χ1v) is 7.56. The van der Waals surface area contributed by atoms with E-state index in [0.717, 1.165) is 38.3 Å². The Labute approximate surface area is 111 Å². The van der Waals surface area contributed by atoms with Crippen LogP contribution in [-0.2, 0) is 4.74 Å². The molecule has 1 unspecified atom stereocenters. The molecule has 0 aromatic rings. The van der Waals surface area contributed by atoms with Crippen molar-refractivity contribution in [3.63, 3.8) is 0 Å². The van der Waals surface area contributed by atoms with Crippen LogP contribution < -0.4 is 5.32 Å².